The van der Waals surface area contributed by atoms with E-state index < -0.39 is 0 Å². The zero-order valence-electron chi connectivity index (χ0n) is 12.2. The topological polar surface area (TPSA) is 47.0 Å². The number of hydrogen-bond acceptors (Lipinski definition) is 4. The molecule has 0 saturated heterocycles. The fourth-order valence-electron chi connectivity index (χ4n) is 1.93. The van der Waals surface area contributed by atoms with Crippen LogP contribution < -0.4 is 10.1 Å². The van der Waals surface area contributed by atoms with Crippen LogP contribution in [0.2, 0.25) is 0 Å². The van der Waals surface area contributed by atoms with Gasteiger partial charge in [-0.15, -0.1) is 0 Å². The molecule has 0 aliphatic heterocycles. The van der Waals surface area contributed by atoms with E-state index in [0.29, 0.717) is 6.54 Å². The summed E-state index contributed by atoms with van der Waals surface area (Å²) in [4.78, 5) is 8.31. The summed E-state index contributed by atoms with van der Waals surface area (Å²) < 4.78 is 5.72. The summed E-state index contributed by atoms with van der Waals surface area (Å²) >= 11 is 0. The Balaban J connectivity index is 1.96. The van der Waals surface area contributed by atoms with Gasteiger partial charge in [-0.1, -0.05) is 12.1 Å². The number of hydrogen-bond donors (Lipinski definition) is 1. The summed E-state index contributed by atoms with van der Waals surface area (Å²) in [6.45, 7) is 6.89. The van der Waals surface area contributed by atoms with Gasteiger partial charge in [-0.25, -0.2) is 0 Å². The average molecular weight is 271 g/mol. The van der Waals surface area contributed by atoms with Crippen molar-refractivity contribution in [1.29, 1.82) is 0 Å². The van der Waals surface area contributed by atoms with E-state index >= 15 is 0 Å². The van der Waals surface area contributed by atoms with E-state index in [0.717, 1.165) is 11.4 Å². The van der Waals surface area contributed by atoms with Gasteiger partial charge in [-0.05, 0) is 38.5 Å². The van der Waals surface area contributed by atoms with Crippen LogP contribution in [0.25, 0.3) is 0 Å². The van der Waals surface area contributed by atoms with Gasteiger partial charge in [0.2, 0.25) is 0 Å². The Hall–Kier alpha value is -1.94. The summed E-state index contributed by atoms with van der Waals surface area (Å²) in [6, 6.07) is 8.41. The molecule has 0 aliphatic carbocycles. The molecule has 0 radical (unpaired) electrons. The minimum atomic E-state index is 0.188. The van der Waals surface area contributed by atoms with Crippen LogP contribution in [0.15, 0.2) is 42.9 Å². The van der Waals surface area contributed by atoms with Gasteiger partial charge < -0.3 is 10.1 Å². The molecule has 106 valence electrons. The van der Waals surface area contributed by atoms with Crippen molar-refractivity contribution in [2.75, 3.05) is 0 Å². The first-order chi connectivity index (χ1) is 9.65. The highest BCUT2D eigenvalue weighted by atomic mass is 16.5. The van der Waals surface area contributed by atoms with E-state index in [2.05, 4.69) is 34.3 Å². The minimum Gasteiger partial charge on any atom is -0.491 e. The Kier molecular flexibility index (Phi) is 5.07. The van der Waals surface area contributed by atoms with Crippen LogP contribution in [0.3, 0.4) is 0 Å². The predicted octanol–water partition coefficient (Wildman–Crippen LogP) is 3.11. The van der Waals surface area contributed by atoms with Gasteiger partial charge in [-0.2, -0.15) is 0 Å². The third kappa shape index (κ3) is 4.31. The lowest BCUT2D eigenvalue weighted by Crippen LogP contribution is -2.19. The molecular weight excluding hydrogens is 250 g/mol. The second-order valence-corrected chi connectivity index (χ2v) is 5.04. The Morgan fingerprint density at radius 3 is 2.75 bits per heavy atom. The molecule has 4 nitrogen and oxygen atoms in total. The largest absolute Gasteiger partial charge is 0.491 e. The first-order valence-electron chi connectivity index (χ1n) is 6.90. The predicted molar refractivity (Wildman–Crippen MR) is 79.5 cm³/mol. The van der Waals surface area contributed by atoms with Crippen molar-refractivity contribution in [2.45, 2.75) is 39.5 Å². The smallest absolute Gasteiger partial charge is 0.120 e. The maximum atomic E-state index is 5.72. The molecule has 0 fully saturated rings. The molecule has 20 heavy (non-hydrogen) atoms. The van der Waals surface area contributed by atoms with Gasteiger partial charge >= 0.3 is 0 Å². The lowest BCUT2D eigenvalue weighted by atomic mass is 10.1. The van der Waals surface area contributed by atoms with Gasteiger partial charge in [-0.3, -0.25) is 9.97 Å². The van der Waals surface area contributed by atoms with Gasteiger partial charge in [0, 0.05) is 31.2 Å². The van der Waals surface area contributed by atoms with Crippen molar-refractivity contribution in [1.82, 2.24) is 15.3 Å². The van der Waals surface area contributed by atoms with Crippen LogP contribution in [0.1, 0.15) is 38.1 Å². The Morgan fingerprint density at radius 2 is 2.05 bits per heavy atom. The molecule has 4 heteroatoms. The first-order valence-corrected chi connectivity index (χ1v) is 6.90. The molecular formula is C16H21N3O. The summed E-state index contributed by atoms with van der Waals surface area (Å²) in [5.74, 6) is 0.908. The van der Waals surface area contributed by atoms with Crippen LogP contribution in [0, 0.1) is 0 Å². The highest BCUT2D eigenvalue weighted by Gasteiger charge is 2.07. The molecule has 0 aliphatic rings. The first kappa shape index (κ1) is 14.5. The van der Waals surface area contributed by atoms with Crippen molar-refractivity contribution in [3.8, 4) is 5.75 Å². The quantitative estimate of drug-likeness (QED) is 0.877. The zero-order chi connectivity index (χ0) is 14.4. The third-order valence-electron chi connectivity index (χ3n) is 2.94. The van der Waals surface area contributed by atoms with E-state index in [4.69, 9.17) is 4.74 Å². The van der Waals surface area contributed by atoms with Crippen LogP contribution in [-0.4, -0.2) is 16.1 Å². The summed E-state index contributed by atoms with van der Waals surface area (Å²) in [5, 5.41) is 3.44. The fourth-order valence-corrected chi connectivity index (χ4v) is 1.93. The van der Waals surface area contributed by atoms with Crippen molar-refractivity contribution < 1.29 is 4.74 Å². The van der Waals surface area contributed by atoms with E-state index in [-0.39, 0.29) is 12.1 Å². The standard InChI is InChI=1S/C16H21N3O/c1-12(2)20-16-6-4-5-14(9-16)13(3)19-11-15-10-17-7-8-18-15/h4-10,12-13,19H,11H2,1-3H3. The SMILES string of the molecule is CC(C)Oc1cccc(C(C)NCc2cnccn2)c1. The highest BCUT2D eigenvalue weighted by Crippen LogP contribution is 2.20. The van der Waals surface area contributed by atoms with Gasteiger partial charge in [0.1, 0.15) is 5.75 Å². The normalized spacial score (nSPS) is 12.4. The summed E-state index contributed by atoms with van der Waals surface area (Å²) in [6.07, 6.45) is 5.35. The number of nitrogens with zero attached hydrogens (tertiary/aromatic N) is 2. The molecule has 0 amide bonds. The van der Waals surface area contributed by atoms with Crippen molar-refractivity contribution in [3.63, 3.8) is 0 Å². The summed E-state index contributed by atoms with van der Waals surface area (Å²) in [5.41, 5.74) is 2.14. The fraction of sp³-hybridized carbons (Fsp3) is 0.375. The Labute approximate surface area is 120 Å². The van der Waals surface area contributed by atoms with Crippen molar-refractivity contribution in [2.24, 2.45) is 0 Å². The van der Waals surface area contributed by atoms with Crippen LogP contribution in [0.4, 0.5) is 0 Å². The van der Waals surface area contributed by atoms with Crippen LogP contribution in [0.5, 0.6) is 5.75 Å². The molecule has 1 N–H and O–H groups in total. The molecule has 1 unspecified atom stereocenters. The molecule has 0 spiro atoms. The van der Waals surface area contributed by atoms with E-state index in [9.17, 15) is 0 Å². The Bertz CT molecular complexity index is 528. The highest BCUT2D eigenvalue weighted by molar-refractivity contribution is 5.30. The van der Waals surface area contributed by atoms with E-state index in [1.54, 1.807) is 18.6 Å². The van der Waals surface area contributed by atoms with E-state index in [1.807, 2.05) is 26.0 Å². The number of ether oxygens (including phenoxy) is 1. The van der Waals surface area contributed by atoms with Crippen molar-refractivity contribution in [3.05, 3.63) is 54.1 Å². The molecule has 2 aromatic rings. The van der Waals surface area contributed by atoms with E-state index in [1.165, 1.54) is 5.56 Å². The third-order valence-corrected chi connectivity index (χ3v) is 2.94. The number of aromatic nitrogens is 2. The number of nitrogens with one attached hydrogen (secondary N) is 1. The van der Waals surface area contributed by atoms with Crippen LogP contribution >= 0.6 is 0 Å². The monoisotopic (exact) mass is 271 g/mol. The second-order valence-electron chi connectivity index (χ2n) is 5.04. The average Bonchev–Trinajstić information content (AvgIpc) is 2.45. The number of rotatable bonds is 6. The molecule has 1 heterocycles. The number of benzene rings is 1. The van der Waals surface area contributed by atoms with Gasteiger partial charge in [0.25, 0.3) is 0 Å². The second kappa shape index (κ2) is 7.01. The Morgan fingerprint density at radius 1 is 1.20 bits per heavy atom. The lowest BCUT2D eigenvalue weighted by Gasteiger charge is -2.16. The van der Waals surface area contributed by atoms with Gasteiger partial charge in [0.05, 0.1) is 11.8 Å². The minimum absolute atomic E-state index is 0.188. The maximum Gasteiger partial charge on any atom is 0.120 e. The molecule has 2 rings (SSSR count). The molecule has 1 aromatic carbocycles. The summed E-state index contributed by atoms with van der Waals surface area (Å²) in [7, 11) is 0. The molecule has 1 aromatic heterocycles. The maximum absolute atomic E-state index is 5.72. The van der Waals surface area contributed by atoms with Crippen LogP contribution in [-0.2, 0) is 6.54 Å². The molecule has 0 bridgehead atoms. The lowest BCUT2D eigenvalue weighted by molar-refractivity contribution is 0.242. The van der Waals surface area contributed by atoms with Gasteiger partial charge in [0.15, 0.2) is 0 Å². The van der Waals surface area contributed by atoms with Crippen molar-refractivity contribution >= 4 is 0 Å². The molecule has 0 saturated carbocycles. The molecule has 1 atom stereocenters. The zero-order valence-corrected chi connectivity index (χ0v) is 12.2.